The Hall–Kier alpha value is -2.66. The number of carbonyl (C=O) groups excluding carboxylic acids is 1. The highest BCUT2D eigenvalue weighted by Crippen LogP contribution is 2.17. The normalized spacial score (nSPS) is 10.6. The fraction of sp³-hybridized carbons (Fsp3) is 0.111. The maximum Gasteiger partial charge on any atom is 0.253 e. The Labute approximate surface area is 143 Å². The van der Waals surface area contributed by atoms with E-state index >= 15 is 0 Å². The molecule has 0 fully saturated rings. The summed E-state index contributed by atoms with van der Waals surface area (Å²) < 4.78 is 14.9. The van der Waals surface area contributed by atoms with Crippen LogP contribution in [0.15, 0.2) is 60.9 Å². The first kappa shape index (κ1) is 16.2. The van der Waals surface area contributed by atoms with Crippen molar-refractivity contribution < 1.29 is 9.18 Å². The molecule has 122 valence electrons. The average molecular weight is 344 g/mol. The number of hydrogen-bond acceptors (Lipinski definition) is 2. The van der Waals surface area contributed by atoms with E-state index in [4.69, 9.17) is 11.6 Å². The summed E-state index contributed by atoms with van der Waals surface area (Å²) in [5.41, 5.74) is 2.34. The van der Waals surface area contributed by atoms with Crippen LogP contribution in [0.2, 0.25) is 5.02 Å². The van der Waals surface area contributed by atoms with Gasteiger partial charge in [-0.05, 0) is 35.4 Å². The van der Waals surface area contributed by atoms with Gasteiger partial charge in [0, 0.05) is 18.9 Å². The minimum Gasteiger partial charge on any atom is -0.348 e. The molecule has 2 aromatic carbocycles. The van der Waals surface area contributed by atoms with Gasteiger partial charge in [0.25, 0.3) is 5.91 Å². The highest BCUT2D eigenvalue weighted by molar-refractivity contribution is 6.33. The molecule has 0 bridgehead atoms. The Bertz CT molecular complexity index is 832. The lowest BCUT2D eigenvalue weighted by Crippen LogP contribution is -2.23. The number of nitrogens with zero attached hydrogens (tertiary/aromatic N) is 2. The quantitative estimate of drug-likeness (QED) is 0.768. The zero-order valence-electron chi connectivity index (χ0n) is 12.7. The van der Waals surface area contributed by atoms with Crippen LogP contribution in [0.5, 0.6) is 0 Å². The third-order valence-corrected chi connectivity index (χ3v) is 3.87. The number of aromatic nitrogens is 2. The van der Waals surface area contributed by atoms with Gasteiger partial charge in [0.05, 0.1) is 17.1 Å². The largest absolute Gasteiger partial charge is 0.348 e. The summed E-state index contributed by atoms with van der Waals surface area (Å²) in [5.74, 6) is -0.801. The molecular formula is C18H15ClFN3O. The zero-order valence-corrected chi connectivity index (χ0v) is 13.5. The van der Waals surface area contributed by atoms with Gasteiger partial charge in [0.15, 0.2) is 0 Å². The number of rotatable bonds is 5. The van der Waals surface area contributed by atoms with Crippen molar-refractivity contribution in [1.82, 2.24) is 15.1 Å². The molecule has 0 aliphatic heterocycles. The Balaban J connectivity index is 1.59. The predicted molar refractivity (Wildman–Crippen MR) is 90.4 cm³/mol. The topological polar surface area (TPSA) is 46.9 Å². The lowest BCUT2D eigenvalue weighted by Gasteiger charge is -2.08. The molecule has 1 aromatic heterocycles. The second kappa shape index (κ2) is 7.27. The number of amides is 1. The third kappa shape index (κ3) is 4.00. The standard InChI is InChI=1S/C18H15ClFN3O/c19-17-10-15(20)6-7-16(17)18(24)21-11-13-2-4-14(5-3-13)12-23-9-1-8-22-23/h1-10H,11-12H2,(H,21,24). The summed E-state index contributed by atoms with van der Waals surface area (Å²) in [5, 5.41) is 7.04. The summed E-state index contributed by atoms with van der Waals surface area (Å²) in [6.45, 7) is 1.07. The van der Waals surface area contributed by atoms with Gasteiger partial charge in [-0.2, -0.15) is 5.10 Å². The van der Waals surface area contributed by atoms with Crippen molar-refractivity contribution in [2.24, 2.45) is 0 Å². The molecule has 0 unspecified atom stereocenters. The molecule has 3 aromatic rings. The molecule has 0 aliphatic carbocycles. The molecule has 4 nitrogen and oxygen atoms in total. The van der Waals surface area contributed by atoms with Crippen molar-refractivity contribution in [3.05, 3.63) is 88.5 Å². The van der Waals surface area contributed by atoms with E-state index in [0.29, 0.717) is 13.1 Å². The predicted octanol–water partition coefficient (Wildman–Crippen LogP) is 3.65. The number of halogens is 2. The van der Waals surface area contributed by atoms with Gasteiger partial charge in [-0.15, -0.1) is 0 Å². The van der Waals surface area contributed by atoms with E-state index in [1.165, 1.54) is 12.1 Å². The maximum atomic E-state index is 13.0. The molecule has 1 heterocycles. The van der Waals surface area contributed by atoms with Gasteiger partial charge in [-0.1, -0.05) is 35.9 Å². The lowest BCUT2D eigenvalue weighted by molar-refractivity contribution is 0.0951. The minimum absolute atomic E-state index is 0.0991. The number of nitrogens with one attached hydrogen (secondary N) is 1. The Morgan fingerprint density at radius 1 is 1.17 bits per heavy atom. The number of hydrogen-bond donors (Lipinski definition) is 1. The molecule has 24 heavy (non-hydrogen) atoms. The van der Waals surface area contributed by atoms with E-state index in [1.54, 1.807) is 6.20 Å². The average Bonchev–Trinajstić information content (AvgIpc) is 3.07. The van der Waals surface area contributed by atoms with E-state index in [2.05, 4.69) is 10.4 Å². The Morgan fingerprint density at radius 2 is 1.92 bits per heavy atom. The molecule has 1 N–H and O–H groups in total. The van der Waals surface area contributed by atoms with E-state index in [9.17, 15) is 9.18 Å². The molecular weight excluding hydrogens is 329 g/mol. The van der Waals surface area contributed by atoms with Crippen LogP contribution in [0, 0.1) is 5.82 Å². The fourth-order valence-corrected chi connectivity index (χ4v) is 2.55. The van der Waals surface area contributed by atoms with Gasteiger partial charge in [0.1, 0.15) is 5.82 Å². The highest BCUT2D eigenvalue weighted by Gasteiger charge is 2.10. The van der Waals surface area contributed by atoms with Crippen LogP contribution in [0.25, 0.3) is 0 Å². The van der Waals surface area contributed by atoms with Gasteiger partial charge in [0.2, 0.25) is 0 Å². The second-order valence-electron chi connectivity index (χ2n) is 5.33. The molecule has 3 rings (SSSR count). The molecule has 0 spiro atoms. The lowest BCUT2D eigenvalue weighted by atomic mass is 10.1. The summed E-state index contributed by atoms with van der Waals surface area (Å²) in [6.07, 6.45) is 3.64. The summed E-state index contributed by atoms with van der Waals surface area (Å²) in [6, 6.07) is 13.5. The Kier molecular flexibility index (Phi) is 4.91. The van der Waals surface area contributed by atoms with Crippen molar-refractivity contribution in [3.63, 3.8) is 0 Å². The molecule has 0 saturated carbocycles. The molecule has 0 atom stereocenters. The molecule has 0 radical (unpaired) electrons. The summed E-state index contributed by atoms with van der Waals surface area (Å²) in [4.78, 5) is 12.1. The SMILES string of the molecule is O=C(NCc1ccc(Cn2cccn2)cc1)c1ccc(F)cc1Cl. The van der Waals surface area contributed by atoms with Crippen LogP contribution in [0.3, 0.4) is 0 Å². The van der Waals surface area contributed by atoms with Gasteiger partial charge < -0.3 is 5.32 Å². The molecule has 1 amide bonds. The first-order valence-corrected chi connectivity index (χ1v) is 7.78. The van der Waals surface area contributed by atoms with Gasteiger partial charge in [-0.25, -0.2) is 4.39 Å². The summed E-state index contributed by atoms with van der Waals surface area (Å²) >= 11 is 5.89. The smallest absolute Gasteiger partial charge is 0.253 e. The van der Waals surface area contributed by atoms with Crippen LogP contribution in [-0.2, 0) is 13.1 Å². The van der Waals surface area contributed by atoms with E-state index in [0.717, 1.165) is 17.2 Å². The second-order valence-corrected chi connectivity index (χ2v) is 5.73. The third-order valence-electron chi connectivity index (χ3n) is 3.56. The van der Waals surface area contributed by atoms with Crippen LogP contribution in [-0.4, -0.2) is 15.7 Å². The maximum absolute atomic E-state index is 13.0. The van der Waals surface area contributed by atoms with E-state index in [-0.39, 0.29) is 16.5 Å². The molecule has 0 saturated heterocycles. The van der Waals surface area contributed by atoms with E-state index < -0.39 is 5.82 Å². The highest BCUT2D eigenvalue weighted by atomic mass is 35.5. The van der Waals surface area contributed by atoms with E-state index in [1.807, 2.05) is 41.2 Å². The first-order chi connectivity index (χ1) is 11.6. The van der Waals surface area contributed by atoms with Gasteiger partial charge >= 0.3 is 0 Å². The van der Waals surface area contributed by atoms with Gasteiger partial charge in [-0.3, -0.25) is 9.48 Å². The Morgan fingerprint density at radius 3 is 2.58 bits per heavy atom. The zero-order chi connectivity index (χ0) is 16.9. The van der Waals surface area contributed by atoms with Crippen LogP contribution in [0.1, 0.15) is 21.5 Å². The van der Waals surface area contributed by atoms with Crippen molar-refractivity contribution in [1.29, 1.82) is 0 Å². The van der Waals surface area contributed by atoms with Crippen molar-refractivity contribution in [3.8, 4) is 0 Å². The van der Waals surface area contributed by atoms with Crippen LogP contribution < -0.4 is 5.32 Å². The monoisotopic (exact) mass is 343 g/mol. The fourth-order valence-electron chi connectivity index (χ4n) is 2.29. The first-order valence-electron chi connectivity index (χ1n) is 7.40. The molecule has 0 aliphatic rings. The number of benzene rings is 2. The van der Waals surface area contributed by atoms with Crippen molar-refractivity contribution >= 4 is 17.5 Å². The van der Waals surface area contributed by atoms with Crippen LogP contribution in [0.4, 0.5) is 4.39 Å². The summed E-state index contributed by atoms with van der Waals surface area (Å²) in [7, 11) is 0. The van der Waals surface area contributed by atoms with Crippen molar-refractivity contribution in [2.45, 2.75) is 13.1 Å². The van der Waals surface area contributed by atoms with Crippen LogP contribution >= 0.6 is 11.6 Å². The number of carbonyl (C=O) groups is 1. The van der Waals surface area contributed by atoms with Crippen molar-refractivity contribution in [2.75, 3.05) is 0 Å². The molecule has 6 heteroatoms. The minimum atomic E-state index is -0.468.